The highest BCUT2D eigenvalue weighted by Crippen LogP contribution is 2.29. The molecule has 0 fully saturated rings. The maximum absolute atomic E-state index is 12.1. The molecule has 0 radical (unpaired) electrons. The van der Waals surface area contributed by atoms with E-state index in [1.54, 1.807) is 24.3 Å². The number of nitrogens with zero attached hydrogens (tertiary/aromatic N) is 1. The van der Waals surface area contributed by atoms with E-state index in [4.69, 9.17) is 20.8 Å². The van der Waals surface area contributed by atoms with Gasteiger partial charge in [-0.05, 0) is 37.3 Å². The van der Waals surface area contributed by atoms with Crippen LogP contribution in [-0.4, -0.2) is 11.6 Å². The number of hydrogen-bond donors (Lipinski definition) is 0. The molecule has 0 aliphatic carbocycles. The molecule has 5 heteroatoms. The Kier molecular flexibility index (Phi) is 3.62. The fourth-order valence-corrected chi connectivity index (χ4v) is 2.25. The molecule has 0 atom stereocenters. The molecule has 0 saturated carbocycles. The molecule has 0 aliphatic rings. The first-order chi connectivity index (χ1) is 10.2. The summed E-state index contributed by atoms with van der Waals surface area (Å²) in [7, 11) is 0. The Labute approximate surface area is 126 Å². The first-order valence-electron chi connectivity index (χ1n) is 6.51. The maximum atomic E-state index is 12.1. The monoisotopic (exact) mass is 301 g/mol. The van der Waals surface area contributed by atoms with Gasteiger partial charge in [0.1, 0.15) is 5.75 Å². The van der Waals surface area contributed by atoms with Gasteiger partial charge >= 0.3 is 5.63 Å². The van der Waals surface area contributed by atoms with Crippen molar-refractivity contribution in [1.82, 2.24) is 4.98 Å². The first kappa shape index (κ1) is 13.6. The van der Waals surface area contributed by atoms with Gasteiger partial charge in [-0.15, -0.1) is 0 Å². The molecule has 0 bridgehead atoms. The van der Waals surface area contributed by atoms with E-state index in [9.17, 15) is 4.79 Å². The number of ether oxygens (including phenoxy) is 1. The van der Waals surface area contributed by atoms with E-state index in [1.165, 1.54) is 0 Å². The van der Waals surface area contributed by atoms with Gasteiger partial charge in [0.15, 0.2) is 0 Å². The van der Waals surface area contributed by atoms with Crippen molar-refractivity contribution in [3.8, 4) is 17.2 Å². The lowest BCUT2D eigenvalue weighted by Crippen LogP contribution is -2.04. The predicted octanol–water partition coefficient (Wildman–Crippen LogP) is 3.91. The Bertz CT molecular complexity index is 858. The van der Waals surface area contributed by atoms with E-state index in [0.29, 0.717) is 33.8 Å². The van der Waals surface area contributed by atoms with Gasteiger partial charge in [0.05, 0.1) is 23.1 Å². The van der Waals surface area contributed by atoms with Crippen molar-refractivity contribution in [1.29, 1.82) is 0 Å². The van der Waals surface area contributed by atoms with Gasteiger partial charge in [-0.3, -0.25) is 0 Å². The highest BCUT2D eigenvalue weighted by molar-refractivity contribution is 6.31. The van der Waals surface area contributed by atoms with Crippen LogP contribution in [0.5, 0.6) is 5.75 Å². The van der Waals surface area contributed by atoms with Crippen LogP contribution in [0.15, 0.2) is 51.7 Å². The first-order valence-corrected chi connectivity index (χ1v) is 6.89. The fraction of sp³-hybridized carbons (Fsp3) is 0.125. The molecular formula is C16H12ClNO3. The molecule has 21 heavy (non-hydrogen) atoms. The Morgan fingerprint density at radius 3 is 2.86 bits per heavy atom. The van der Waals surface area contributed by atoms with Crippen molar-refractivity contribution in [2.24, 2.45) is 0 Å². The third kappa shape index (κ3) is 2.62. The quantitative estimate of drug-likeness (QED) is 0.736. The molecule has 106 valence electrons. The van der Waals surface area contributed by atoms with Crippen molar-refractivity contribution in [2.45, 2.75) is 6.92 Å². The summed E-state index contributed by atoms with van der Waals surface area (Å²) in [4.78, 5) is 16.4. The standard InChI is InChI=1S/C16H12ClNO3/c1-2-20-14-6-4-3-5-12(14)15-18-13-9-10(17)7-8-11(13)16(19)21-15/h3-9H,2H2,1H3. The summed E-state index contributed by atoms with van der Waals surface area (Å²) >= 11 is 5.95. The second-order valence-corrected chi connectivity index (χ2v) is 4.83. The number of hydrogen-bond acceptors (Lipinski definition) is 4. The maximum Gasteiger partial charge on any atom is 0.347 e. The van der Waals surface area contributed by atoms with Gasteiger partial charge in [-0.25, -0.2) is 9.78 Å². The zero-order chi connectivity index (χ0) is 14.8. The van der Waals surface area contributed by atoms with Crippen LogP contribution in [0.1, 0.15) is 6.92 Å². The van der Waals surface area contributed by atoms with Crippen LogP contribution in [0.25, 0.3) is 22.4 Å². The molecule has 0 spiro atoms. The van der Waals surface area contributed by atoms with Gasteiger partial charge in [-0.2, -0.15) is 0 Å². The largest absolute Gasteiger partial charge is 0.493 e. The van der Waals surface area contributed by atoms with Crippen molar-refractivity contribution in [3.63, 3.8) is 0 Å². The zero-order valence-electron chi connectivity index (χ0n) is 11.3. The van der Waals surface area contributed by atoms with E-state index in [2.05, 4.69) is 4.98 Å². The minimum absolute atomic E-state index is 0.221. The van der Waals surface area contributed by atoms with E-state index < -0.39 is 5.63 Å². The van der Waals surface area contributed by atoms with Crippen molar-refractivity contribution < 1.29 is 9.15 Å². The van der Waals surface area contributed by atoms with Crippen LogP contribution < -0.4 is 10.4 Å². The molecule has 4 nitrogen and oxygen atoms in total. The van der Waals surface area contributed by atoms with Gasteiger partial charge in [0.25, 0.3) is 0 Å². The fourth-order valence-electron chi connectivity index (χ4n) is 2.08. The number of para-hydroxylation sites is 1. The molecule has 2 aromatic carbocycles. The van der Waals surface area contributed by atoms with Gasteiger partial charge in [0, 0.05) is 5.02 Å². The molecule has 3 rings (SSSR count). The van der Waals surface area contributed by atoms with Crippen LogP contribution in [0, 0.1) is 0 Å². The smallest absolute Gasteiger partial charge is 0.347 e. The van der Waals surface area contributed by atoms with E-state index in [1.807, 2.05) is 25.1 Å². The lowest BCUT2D eigenvalue weighted by Gasteiger charge is -2.08. The molecule has 0 unspecified atom stereocenters. The predicted molar refractivity (Wildman–Crippen MR) is 81.9 cm³/mol. The van der Waals surface area contributed by atoms with Crippen LogP contribution in [-0.2, 0) is 0 Å². The minimum atomic E-state index is -0.446. The summed E-state index contributed by atoms with van der Waals surface area (Å²) in [5.41, 5.74) is 0.691. The molecule has 0 saturated heterocycles. The Balaban J connectivity index is 2.24. The highest BCUT2D eigenvalue weighted by Gasteiger charge is 2.13. The zero-order valence-corrected chi connectivity index (χ0v) is 12.1. The summed E-state index contributed by atoms with van der Waals surface area (Å²) in [5.74, 6) is 0.843. The Hall–Kier alpha value is -2.33. The van der Waals surface area contributed by atoms with Crippen LogP contribution in [0.4, 0.5) is 0 Å². The molecule has 1 heterocycles. The number of aromatic nitrogens is 1. The summed E-state index contributed by atoms with van der Waals surface area (Å²) in [5, 5.41) is 0.918. The van der Waals surface area contributed by atoms with E-state index >= 15 is 0 Å². The van der Waals surface area contributed by atoms with Crippen molar-refractivity contribution in [3.05, 3.63) is 57.9 Å². The summed E-state index contributed by atoms with van der Waals surface area (Å²) in [6, 6.07) is 12.2. The van der Waals surface area contributed by atoms with E-state index in [-0.39, 0.29) is 5.89 Å². The second-order valence-electron chi connectivity index (χ2n) is 4.40. The van der Waals surface area contributed by atoms with Crippen LogP contribution in [0.3, 0.4) is 0 Å². The average Bonchev–Trinajstić information content (AvgIpc) is 2.47. The van der Waals surface area contributed by atoms with E-state index in [0.717, 1.165) is 0 Å². The topological polar surface area (TPSA) is 52.3 Å². The number of halogens is 1. The summed E-state index contributed by atoms with van der Waals surface area (Å²) in [6.45, 7) is 2.40. The third-order valence-corrected chi connectivity index (χ3v) is 3.24. The van der Waals surface area contributed by atoms with Crippen LogP contribution >= 0.6 is 11.6 Å². The molecule has 0 aliphatic heterocycles. The average molecular weight is 302 g/mol. The number of benzene rings is 2. The molecule has 1 aromatic heterocycles. The van der Waals surface area contributed by atoms with Crippen molar-refractivity contribution in [2.75, 3.05) is 6.61 Å². The molecule has 0 N–H and O–H groups in total. The molecule has 0 amide bonds. The van der Waals surface area contributed by atoms with Gasteiger partial charge in [-0.1, -0.05) is 23.7 Å². The third-order valence-electron chi connectivity index (χ3n) is 3.01. The Morgan fingerprint density at radius 1 is 1.24 bits per heavy atom. The SMILES string of the molecule is CCOc1ccccc1-c1nc2cc(Cl)ccc2c(=O)o1. The second kappa shape index (κ2) is 5.58. The Morgan fingerprint density at radius 2 is 2.05 bits per heavy atom. The molecule has 3 aromatic rings. The number of rotatable bonds is 3. The number of fused-ring (bicyclic) bond motifs is 1. The highest BCUT2D eigenvalue weighted by atomic mass is 35.5. The summed E-state index contributed by atoms with van der Waals surface area (Å²) in [6.07, 6.45) is 0. The lowest BCUT2D eigenvalue weighted by atomic mass is 10.2. The lowest BCUT2D eigenvalue weighted by molar-refractivity contribution is 0.340. The van der Waals surface area contributed by atoms with Gasteiger partial charge in [0.2, 0.25) is 5.89 Å². The normalized spacial score (nSPS) is 10.8. The molecular weight excluding hydrogens is 290 g/mol. The summed E-state index contributed by atoms with van der Waals surface area (Å²) < 4.78 is 10.9. The van der Waals surface area contributed by atoms with Gasteiger partial charge < -0.3 is 9.15 Å². The van der Waals surface area contributed by atoms with Crippen LogP contribution in [0.2, 0.25) is 5.02 Å². The minimum Gasteiger partial charge on any atom is -0.493 e. The van der Waals surface area contributed by atoms with Crippen molar-refractivity contribution >= 4 is 22.5 Å².